The number of nitrogens with one attached hydrogen (secondary N) is 3. The van der Waals surface area contributed by atoms with Crippen LogP contribution < -0.4 is 14.8 Å². The second kappa shape index (κ2) is 8.20. The highest BCUT2D eigenvalue weighted by molar-refractivity contribution is 7.89. The quantitative estimate of drug-likeness (QED) is 0.297. The first-order valence-electron chi connectivity index (χ1n) is 10.2. The van der Waals surface area contributed by atoms with Crippen molar-refractivity contribution in [1.82, 2.24) is 25.0 Å². The molecule has 2 aromatic heterocycles. The van der Waals surface area contributed by atoms with E-state index in [9.17, 15) is 13.7 Å². The third kappa shape index (κ3) is 3.77. The van der Waals surface area contributed by atoms with E-state index in [1.54, 1.807) is 18.3 Å². The summed E-state index contributed by atoms with van der Waals surface area (Å²) in [6.07, 6.45) is 5.70. The molecule has 2 aromatic carbocycles. The van der Waals surface area contributed by atoms with Gasteiger partial charge in [0, 0.05) is 23.2 Å². The molecule has 0 unspecified atom stereocenters. The van der Waals surface area contributed by atoms with Crippen LogP contribution in [0.25, 0.3) is 22.3 Å². The molecule has 0 bridgehead atoms. The van der Waals surface area contributed by atoms with Crippen LogP contribution >= 0.6 is 0 Å². The van der Waals surface area contributed by atoms with Gasteiger partial charge in [0.1, 0.15) is 17.7 Å². The van der Waals surface area contributed by atoms with E-state index in [1.165, 1.54) is 25.6 Å². The highest BCUT2D eigenvalue weighted by atomic mass is 32.2. The fourth-order valence-corrected chi connectivity index (χ4v) is 5.50. The molecule has 9 nitrogen and oxygen atoms in total. The number of hydrogen-bond acceptors (Lipinski definition) is 7. The Kier molecular flexibility index (Phi) is 5.20. The van der Waals surface area contributed by atoms with Gasteiger partial charge in [-0.05, 0) is 53.9 Å². The van der Waals surface area contributed by atoms with Crippen molar-refractivity contribution in [2.75, 3.05) is 7.11 Å². The Bertz CT molecular complexity index is 1470. The SMILES string of the molecule is COc1ccc(S(=O)(=O)N[C@@H]2C[C@H](NC#N)c3cc(-c4ncnc5[nH]ccc45)ccc32)cc1. The van der Waals surface area contributed by atoms with Crippen LogP contribution in [0, 0.1) is 11.5 Å². The maximum atomic E-state index is 13.0. The summed E-state index contributed by atoms with van der Waals surface area (Å²) in [4.78, 5) is 11.9. The molecule has 2 atom stereocenters. The minimum Gasteiger partial charge on any atom is -0.497 e. The van der Waals surface area contributed by atoms with E-state index < -0.39 is 16.1 Å². The Morgan fingerprint density at radius 3 is 2.67 bits per heavy atom. The van der Waals surface area contributed by atoms with Crippen molar-refractivity contribution >= 4 is 21.1 Å². The summed E-state index contributed by atoms with van der Waals surface area (Å²) in [5.41, 5.74) is 4.05. The van der Waals surface area contributed by atoms with Crippen molar-refractivity contribution < 1.29 is 13.2 Å². The monoisotopic (exact) mass is 460 g/mol. The Balaban J connectivity index is 1.50. The van der Waals surface area contributed by atoms with E-state index in [4.69, 9.17) is 4.74 Å². The fourth-order valence-electron chi connectivity index (χ4n) is 4.27. The number of hydrogen-bond donors (Lipinski definition) is 3. The molecule has 0 saturated heterocycles. The summed E-state index contributed by atoms with van der Waals surface area (Å²) in [5.74, 6) is 0.576. The minimum absolute atomic E-state index is 0.147. The topological polar surface area (TPSA) is 133 Å². The first kappa shape index (κ1) is 20.9. The number of sulfonamides is 1. The molecule has 1 aliphatic carbocycles. The van der Waals surface area contributed by atoms with Gasteiger partial charge in [-0.15, -0.1) is 0 Å². The average molecular weight is 461 g/mol. The summed E-state index contributed by atoms with van der Waals surface area (Å²) in [6.45, 7) is 0. The molecule has 33 heavy (non-hydrogen) atoms. The zero-order valence-electron chi connectivity index (χ0n) is 17.6. The maximum Gasteiger partial charge on any atom is 0.241 e. The molecule has 0 spiro atoms. The molecular formula is C23H20N6O3S. The Hall–Kier alpha value is -3.94. The molecule has 0 aliphatic heterocycles. The van der Waals surface area contributed by atoms with Crippen molar-refractivity contribution in [3.05, 3.63) is 72.2 Å². The molecule has 166 valence electrons. The van der Waals surface area contributed by atoms with E-state index in [1.807, 2.05) is 30.5 Å². The second-order valence-corrected chi connectivity index (χ2v) is 9.41. The summed E-state index contributed by atoms with van der Waals surface area (Å²) in [5, 5.41) is 12.9. The molecule has 3 N–H and O–H groups in total. The van der Waals surface area contributed by atoms with E-state index in [2.05, 4.69) is 25.0 Å². The zero-order valence-corrected chi connectivity index (χ0v) is 18.4. The van der Waals surface area contributed by atoms with Crippen LogP contribution in [-0.4, -0.2) is 30.5 Å². The third-order valence-corrected chi connectivity index (χ3v) is 7.33. The summed E-state index contributed by atoms with van der Waals surface area (Å²) in [7, 11) is -2.25. The van der Waals surface area contributed by atoms with Gasteiger partial charge in [0.15, 0.2) is 6.19 Å². The number of methoxy groups -OCH3 is 1. The number of nitrogens with zero attached hydrogens (tertiary/aromatic N) is 3. The van der Waals surface area contributed by atoms with Crippen molar-refractivity contribution in [1.29, 1.82) is 5.26 Å². The number of aromatic nitrogens is 3. The zero-order chi connectivity index (χ0) is 23.0. The van der Waals surface area contributed by atoms with Crippen molar-refractivity contribution in [2.24, 2.45) is 0 Å². The lowest BCUT2D eigenvalue weighted by atomic mass is 10.0. The highest BCUT2D eigenvalue weighted by Gasteiger charge is 2.34. The predicted molar refractivity (Wildman–Crippen MR) is 121 cm³/mol. The van der Waals surface area contributed by atoms with E-state index >= 15 is 0 Å². The smallest absolute Gasteiger partial charge is 0.241 e. The minimum atomic E-state index is -3.77. The number of nitriles is 1. The van der Waals surface area contributed by atoms with Crippen molar-refractivity contribution in [3.63, 3.8) is 0 Å². The first-order chi connectivity index (χ1) is 16.0. The van der Waals surface area contributed by atoms with Crippen LogP contribution in [0.5, 0.6) is 5.75 Å². The number of H-pyrrole nitrogens is 1. The lowest BCUT2D eigenvalue weighted by Gasteiger charge is -2.15. The van der Waals surface area contributed by atoms with Gasteiger partial charge < -0.3 is 15.0 Å². The number of rotatable bonds is 6. The predicted octanol–water partition coefficient (Wildman–Crippen LogP) is 3.17. The Morgan fingerprint density at radius 2 is 1.91 bits per heavy atom. The van der Waals surface area contributed by atoms with Gasteiger partial charge in [-0.2, -0.15) is 5.26 Å². The largest absolute Gasteiger partial charge is 0.497 e. The summed E-state index contributed by atoms with van der Waals surface area (Å²) < 4.78 is 33.9. The Labute approximate surface area is 190 Å². The molecule has 0 amide bonds. The van der Waals surface area contributed by atoms with E-state index in [0.29, 0.717) is 12.2 Å². The number of fused-ring (bicyclic) bond motifs is 2. The Morgan fingerprint density at radius 1 is 1.09 bits per heavy atom. The lowest BCUT2D eigenvalue weighted by molar-refractivity contribution is 0.414. The van der Waals surface area contributed by atoms with Crippen LogP contribution in [0.2, 0.25) is 0 Å². The van der Waals surface area contributed by atoms with Gasteiger partial charge in [0.25, 0.3) is 0 Å². The van der Waals surface area contributed by atoms with Gasteiger partial charge in [-0.3, -0.25) is 0 Å². The number of aromatic amines is 1. The van der Waals surface area contributed by atoms with Crippen molar-refractivity contribution in [3.8, 4) is 23.2 Å². The second-order valence-electron chi connectivity index (χ2n) is 7.70. The van der Waals surface area contributed by atoms with Gasteiger partial charge >= 0.3 is 0 Å². The van der Waals surface area contributed by atoms with Crippen LogP contribution in [0.4, 0.5) is 0 Å². The number of ether oxygens (including phenoxy) is 1. The maximum absolute atomic E-state index is 13.0. The summed E-state index contributed by atoms with van der Waals surface area (Å²) >= 11 is 0. The fraction of sp³-hybridized carbons (Fsp3) is 0.174. The highest BCUT2D eigenvalue weighted by Crippen LogP contribution is 2.41. The lowest BCUT2D eigenvalue weighted by Crippen LogP contribution is -2.28. The van der Waals surface area contributed by atoms with Gasteiger partial charge in [0.2, 0.25) is 10.0 Å². The van der Waals surface area contributed by atoms with E-state index in [-0.39, 0.29) is 10.9 Å². The van der Waals surface area contributed by atoms with Crippen LogP contribution in [0.15, 0.2) is 66.0 Å². The molecule has 5 rings (SSSR count). The van der Waals surface area contributed by atoms with Crippen LogP contribution in [-0.2, 0) is 10.0 Å². The average Bonchev–Trinajstić information content (AvgIpc) is 3.44. The van der Waals surface area contributed by atoms with Gasteiger partial charge in [0.05, 0.1) is 23.7 Å². The normalized spacial score (nSPS) is 17.5. The number of benzene rings is 2. The van der Waals surface area contributed by atoms with Gasteiger partial charge in [-0.25, -0.2) is 23.1 Å². The molecule has 4 aromatic rings. The molecule has 0 radical (unpaired) electrons. The molecule has 2 heterocycles. The molecule has 10 heteroatoms. The molecule has 1 aliphatic rings. The molecule has 0 fully saturated rings. The third-order valence-electron chi connectivity index (χ3n) is 5.84. The van der Waals surface area contributed by atoms with Crippen LogP contribution in [0.3, 0.4) is 0 Å². The standard InChI is InChI=1S/C23H20N6O3S/c1-32-15-3-5-16(6-4-15)33(30,31)29-21-11-20(26-12-24)19-10-14(2-7-17(19)21)22-18-8-9-25-23(18)28-13-27-22/h2-10,13,20-21,26,29H,11H2,1H3,(H,25,27,28)/t20-,21+/m0/s1. The first-order valence-corrected chi connectivity index (χ1v) is 11.7. The van der Waals surface area contributed by atoms with Gasteiger partial charge in [-0.1, -0.05) is 12.1 Å². The van der Waals surface area contributed by atoms with E-state index in [0.717, 1.165) is 33.4 Å². The summed E-state index contributed by atoms with van der Waals surface area (Å²) in [6, 6.07) is 13.1. The van der Waals surface area contributed by atoms with Crippen LogP contribution in [0.1, 0.15) is 29.6 Å². The molecular weight excluding hydrogens is 440 g/mol. The van der Waals surface area contributed by atoms with Crippen molar-refractivity contribution in [2.45, 2.75) is 23.4 Å². The molecule has 0 saturated carbocycles.